The van der Waals surface area contributed by atoms with E-state index in [-0.39, 0.29) is 17.3 Å². The maximum absolute atomic E-state index is 14.0. The van der Waals surface area contributed by atoms with Crippen LogP contribution in [0, 0.1) is 5.92 Å². The van der Waals surface area contributed by atoms with Gasteiger partial charge in [0.2, 0.25) is 5.82 Å². The van der Waals surface area contributed by atoms with Crippen LogP contribution in [0.4, 0.5) is 23.7 Å². The number of rotatable bonds is 8. The largest absolute Gasteiger partial charge is 0.497 e. The molecule has 0 atom stereocenters. The fourth-order valence-electron chi connectivity index (χ4n) is 6.81. The summed E-state index contributed by atoms with van der Waals surface area (Å²) in [6.07, 6.45) is 3.37. The summed E-state index contributed by atoms with van der Waals surface area (Å²) in [5.41, 5.74) is 1.89. The highest BCUT2D eigenvalue weighted by atomic mass is 19.4. The van der Waals surface area contributed by atoms with E-state index < -0.39 is 17.5 Å². The van der Waals surface area contributed by atoms with E-state index in [0.29, 0.717) is 13.1 Å². The topological polar surface area (TPSA) is 61.8 Å². The fourth-order valence-corrected chi connectivity index (χ4v) is 6.81. The molecule has 0 unspecified atom stereocenters. The molecule has 7 nitrogen and oxygen atoms in total. The van der Waals surface area contributed by atoms with Crippen molar-refractivity contribution < 1.29 is 22.7 Å². The average molecular weight is 580 g/mol. The molecule has 6 rings (SSSR count). The molecule has 2 aromatic carbocycles. The van der Waals surface area contributed by atoms with Gasteiger partial charge in [-0.05, 0) is 74.8 Å². The van der Waals surface area contributed by atoms with Crippen molar-refractivity contribution in [3.8, 4) is 5.75 Å². The molecule has 222 valence electrons. The van der Waals surface area contributed by atoms with Crippen LogP contribution in [-0.2, 0) is 18.3 Å². The van der Waals surface area contributed by atoms with Crippen molar-refractivity contribution in [3.05, 3.63) is 83.9 Å². The van der Waals surface area contributed by atoms with Crippen LogP contribution in [0.25, 0.3) is 0 Å². The highest BCUT2D eigenvalue weighted by Crippen LogP contribution is 2.51. The van der Waals surface area contributed by atoms with Gasteiger partial charge in [0, 0.05) is 18.6 Å². The van der Waals surface area contributed by atoms with Crippen molar-refractivity contribution in [3.63, 3.8) is 0 Å². The van der Waals surface area contributed by atoms with Gasteiger partial charge in [-0.15, -0.1) is 0 Å². The van der Waals surface area contributed by atoms with Gasteiger partial charge < -0.3 is 9.64 Å². The molecular formula is C32H36F3N5O2. The van der Waals surface area contributed by atoms with Gasteiger partial charge in [0.15, 0.2) is 0 Å². The van der Waals surface area contributed by atoms with E-state index in [1.807, 2.05) is 35.2 Å². The monoisotopic (exact) mass is 579 g/mol. The highest BCUT2D eigenvalue weighted by molar-refractivity contribution is 5.95. The van der Waals surface area contributed by atoms with E-state index in [9.17, 15) is 18.0 Å². The predicted molar refractivity (Wildman–Crippen MR) is 153 cm³/mol. The number of hydrogen-bond acceptors (Lipinski definition) is 5. The molecule has 2 heterocycles. The summed E-state index contributed by atoms with van der Waals surface area (Å²) in [6.45, 7) is 1.80. The molecule has 3 aromatic rings. The van der Waals surface area contributed by atoms with Gasteiger partial charge in [-0.3, -0.25) is 9.80 Å². The van der Waals surface area contributed by atoms with E-state index in [2.05, 4.69) is 46.2 Å². The molecule has 2 aliphatic carbocycles. The summed E-state index contributed by atoms with van der Waals surface area (Å²) >= 11 is 0. The zero-order valence-electron chi connectivity index (χ0n) is 24.0. The number of urea groups is 1. The predicted octanol–water partition coefficient (Wildman–Crippen LogP) is 6.50. The Labute approximate surface area is 244 Å². The van der Waals surface area contributed by atoms with Gasteiger partial charge in [0.25, 0.3) is 0 Å². The number of benzene rings is 2. The zero-order chi connectivity index (χ0) is 29.5. The molecule has 1 aliphatic heterocycles. The molecule has 2 saturated carbocycles. The van der Waals surface area contributed by atoms with Gasteiger partial charge in [-0.2, -0.15) is 13.2 Å². The molecule has 10 heteroatoms. The minimum Gasteiger partial charge on any atom is -0.497 e. The number of carbonyl (C=O) groups excluding carboxylic acids is 1. The van der Waals surface area contributed by atoms with Crippen LogP contribution >= 0.6 is 0 Å². The Morgan fingerprint density at radius 1 is 0.976 bits per heavy atom. The maximum Gasteiger partial charge on any atom is 0.451 e. The summed E-state index contributed by atoms with van der Waals surface area (Å²) in [4.78, 5) is 27.1. The fraction of sp³-hybridized carbons (Fsp3) is 0.469. The first kappa shape index (κ1) is 28.5. The van der Waals surface area contributed by atoms with E-state index in [1.54, 1.807) is 12.0 Å². The Bertz CT molecular complexity index is 1390. The third kappa shape index (κ3) is 5.32. The molecular weight excluding hydrogens is 543 g/mol. The number of halogens is 3. The first-order chi connectivity index (χ1) is 20.1. The smallest absolute Gasteiger partial charge is 0.451 e. The Morgan fingerprint density at radius 3 is 2.19 bits per heavy atom. The van der Waals surface area contributed by atoms with Crippen molar-refractivity contribution in [2.24, 2.45) is 5.92 Å². The Kier molecular flexibility index (Phi) is 7.37. The van der Waals surface area contributed by atoms with Crippen LogP contribution in [0.15, 0.2) is 67.0 Å². The SMILES string of the molecule is COc1ccc(CN2C(=O)N(c3cnc(C(F)(F)F)nc3)C[C@]23CC[C@@](c2ccccc2)(N(C)CC2CC2)CC3)cc1. The van der Waals surface area contributed by atoms with E-state index >= 15 is 0 Å². The molecule has 1 spiro atoms. The van der Waals surface area contributed by atoms with E-state index in [0.717, 1.165) is 61.9 Å². The standard InChI is InChI=1S/C32H36F3N5O2/c1-38(20-23-8-9-23)31(25-6-4-3-5-7-25)16-14-30(15-17-31)22-39(26-18-36-28(37-19-26)32(33,34)35)29(41)40(30)21-24-10-12-27(42-2)13-11-24/h3-7,10-13,18-19,23H,8-9,14-17,20-22H2,1-2H3/t30-,31-. The minimum absolute atomic E-state index is 0.144. The van der Waals surface area contributed by atoms with Crippen LogP contribution in [0.2, 0.25) is 0 Å². The van der Waals surface area contributed by atoms with Crippen LogP contribution in [0.3, 0.4) is 0 Å². The lowest BCUT2D eigenvalue weighted by atomic mass is 9.68. The molecule has 1 aromatic heterocycles. The normalized spacial score (nSPS) is 24.6. The quantitative estimate of drug-likeness (QED) is 0.305. The lowest BCUT2D eigenvalue weighted by Gasteiger charge is -2.52. The third-order valence-electron chi connectivity index (χ3n) is 9.47. The zero-order valence-corrected chi connectivity index (χ0v) is 24.0. The summed E-state index contributed by atoms with van der Waals surface area (Å²) in [5.74, 6) is 0.252. The van der Waals surface area contributed by atoms with Gasteiger partial charge in [0.05, 0.1) is 37.3 Å². The molecule has 0 bridgehead atoms. The van der Waals surface area contributed by atoms with Crippen molar-refractivity contribution in [1.29, 1.82) is 0 Å². The summed E-state index contributed by atoms with van der Waals surface area (Å²) in [5, 5.41) is 0. The number of anilines is 1. The maximum atomic E-state index is 14.0. The number of alkyl halides is 3. The van der Waals surface area contributed by atoms with Crippen molar-refractivity contribution in [2.75, 3.05) is 32.1 Å². The second-order valence-electron chi connectivity index (χ2n) is 12.0. The average Bonchev–Trinajstić information content (AvgIpc) is 3.79. The van der Waals surface area contributed by atoms with Crippen LogP contribution in [0.5, 0.6) is 5.75 Å². The molecule has 3 fully saturated rings. The summed E-state index contributed by atoms with van der Waals surface area (Å²) in [6, 6.07) is 18.0. The lowest BCUT2D eigenvalue weighted by Crippen LogP contribution is -2.56. The molecule has 0 radical (unpaired) electrons. The second-order valence-corrected chi connectivity index (χ2v) is 12.0. The first-order valence-corrected chi connectivity index (χ1v) is 14.5. The molecule has 42 heavy (non-hydrogen) atoms. The van der Waals surface area contributed by atoms with E-state index in [4.69, 9.17) is 4.74 Å². The number of aromatic nitrogens is 2. The number of ether oxygens (including phenoxy) is 1. The number of amides is 2. The number of nitrogens with zero attached hydrogens (tertiary/aromatic N) is 5. The van der Waals surface area contributed by atoms with Gasteiger partial charge in [-0.25, -0.2) is 14.8 Å². The van der Waals surface area contributed by atoms with Crippen LogP contribution in [0.1, 0.15) is 55.5 Å². The van der Waals surface area contributed by atoms with Crippen LogP contribution < -0.4 is 9.64 Å². The van der Waals surface area contributed by atoms with E-state index in [1.165, 1.54) is 18.4 Å². The Morgan fingerprint density at radius 2 is 1.62 bits per heavy atom. The van der Waals surface area contributed by atoms with Crippen molar-refractivity contribution >= 4 is 11.7 Å². The molecule has 1 saturated heterocycles. The molecule has 2 amide bonds. The molecule has 0 N–H and O–H groups in total. The van der Waals surface area contributed by atoms with Gasteiger partial charge in [0.1, 0.15) is 5.75 Å². The number of carbonyl (C=O) groups is 1. The highest BCUT2D eigenvalue weighted by Gasteiger charge is 2.55. The number of hydrogen-bond donors (Lipinski definition) is 0. The number of methoxy groups -OCH3 is 1. The van der Waals surface area contributed by atoms with Gasteiger partial charge >= 0.3 is 12.2 Å². The van der Waals surface area contributed by atoms with Crippen molar-refractivity contribution in [2.45, 2.75) is 62.3 Å². The first-order valence-electron chi connectivity index (χ1n) is 14.5. The van der Waals surface area contributed by atoms with Gasteiger partial charge in [-0.1, -0.05) is 42.5 Å². The second kappa shape index (κ2) is 10.9. The van der Waals surface area contributed by atoms with Crippen molar-refractivity contribution in [1.82, 2.24) is 19.8 Å². The summed E-state index contributed by atoms with van der Waals surface area (Å²) < 4.78 is 44.8. The molecule has 3 aliphatic rings. The Balaban J connectivity index is 1.32. The summed E-state index contributed by atoms with van der Waals surface area (Å²) in [7, 11) is 3.84. The third-order valence-corrected chi connectivity index (χ3v) is 9.47. The van der Waals surface area contributed by atoms with Crippen LogP contribution in [-0.4, -0.2) is 58.6 Å². The lowest BCUT2D eigenvalue weighted by molar-refractivity contribution is -0.144. The minimum atomic E-state index is -4.65. The Hall–Kier alpha value is -3.66.